The minimum Gasteiger partial charge on any atom is -0.398 e. The lowest BCUT2D eigenvalue weighted by molar-refractivity contribution is -0.120. The predicted molar refractivity (Wildman–Crippen MR) is 131 cm³/mol. The highest BCUT2D eigenvalue weighted by Crippen LogP contribution is 2.35. The molecule has 2 fully saturated rings. The van der Waals surface area contributed by atoms with Gasteiger partial charge in [-0.2, -0.15) is 0 Å². The molecule has 0 spiro atoms. The van der Waals surface area contributed by atoms with Crippen LogP contribution in [0, 0.1) is 5.41 Å². The average Bonchev–Trinajstić information content (AvgIpc) is 3.54. The quantitative estimate of drug-likeness (QED) is 0.296. The van der Waals surface area contributed by atoms with Crippen LogP contribution in [0.25, 0.3) is 21.6 Å². The first-order chi connectivity index (χ1) is 16.1. The number of ether oxygens (including phenoxy) is 1. The van der Waals surface area contributed by atoms with E-state index in [4.69, 9.17) is 25.8 Å². The lowest BCUT2D eigenvalue weighted by Gasteiger charge is -2.28. The molecule has 1 saturated heterocycles. The molecule has 172 valence electrons. The number of carbonyl (C=O) groups is 1. The van der Waals surface area contributed by atoms with E-state index in [-0.39, 0.29) is 5.91 Å². The maximum atomic E-state index is 12.0. The summed E-state index contributed by atoms with van der Waals surface area (Å²) in [6, 6.07) is 7.95. The number of aromatic nitrogens is 2. The maximum Gasteiger partial charge on any atom is 0.234 e. The number of nitrogens with two attached hydrogens (primary N) is 1. The van der Waals surface area contributed by atoms with Gasteiger partial charge in [0.25, 0.3) is 0 Å². The Hall–Kier alpha value is -3.08. The van der Waals surface area contributed by atoms with Gasteiger partial charge in [-0.15, -0.1) is 11.3 Å². The lowest BCUT2D eigenvalue weighted by Crippen LogP contribution is -2.36. The van der Waals surface area contributed by atoms with Gasteiger partial charge in [-0.3, -0.25) is 4.79 Å². The van der Waals surface area contributed by atoms with Gasteiger partial charge < -0.3 is 31.4 Å². The van der Waals surface area contributed by atoms with Crippen LogP contribution in [0.15, 0.2) is 24.3 Å². The summed E-state index contributed by atoms with van der Waals surface area (Å²) in [5, 5.41) is 14.1. The molecule has 5 N–H and O–H groups in total. The molecule has 0 bridgehead atoms. The molecular weight excluding hydrogens is 438 g/mol. The van der Waals surface area contributed by atoms with Crippen LogP contribution in [0.3, 0.4) is 0 Å². The summed E-state index contributed by atoms with van der Waals surface area (Å²) in [4.78, 5) is 25.1. The fourth-order valence-corrected chi connectivity index (χ4v) is 4.99. The number of benzene rings is 1. The third-order valence-corrected chi connectivity index (χ3v) is 6.89. The third kappa shape index (κ3) is 4.82. The van der Waals surface area contributed by atoms with E-state index in [2.05, 4.69) is 21.6 Å². The first kappa shape index (κ1) is 21.7. The lowest BCUT2D eigenvalue weighted by atomic mass is 10.1. The summed E-state index contributed by atoms with van der Waals surface area (Å²) in [6.07, 6.45) is 3.42. The SMILES string of the molecule is N=Cc1c(N)cccc1-c1nc(N2CCOCC2)c2sc(CNCC(=O)NC3CC3)cc2n1. The van der Waals surface area contributed by atoms with Gasteiger partial charge in [-0.25, -0.2) is 9.97 Å². The molecule has 2 aromatic heterocycles. The molecule has 0 unspecified atom stereocenters. The zero-order valence-electron chi connectivity index (χ0n) is 18.3. The standard InChI is InChI=1S/C23H27N7O2S/c24-11-17-16(2-1-3-18(17)25)22-28-19-10-15(12-26-13-20(31)27-14-4-5-14)33-21(19)23(29-22)30-6-8-32-9-7-30/h1-3,10-11,14,24,26H,4-9,12-13,25H2,(H,27,31). The van der Waals surface area contributed by atoms with Gasteiger partial charge in [-0.05, 0) is 25.0 Å². The fourth-order valence-electron chi connectivity index (χ4n) is 3.91. The highest BCUT2D eigenvalue weighted by molar-refractivity contribution is 7.19. The Bertz CT molecular complexity index is 1190. The van der Waals surface area contributed by atoms with Gasteiger partial charge in [-0.1, -0.05) is 12.1 Å². The summed E-state index contributed by atoms with van der Waals surface area (Å²) >= 11 is 1.64. The first-order valence-corrected chi connectivity index (χ1v) is 12.0. The van der Waals surface area contributed by atoms with E-state index in [1.54, 1.807) is 17.4 Å². The molecule has 1 amide bonds. The molecular formula is C23H27N7O2S. The van der Waals surface area contributed by atoms with E-state index in [0.29, 0.717) is 49.4 Å². The Morgan fingerprint density at radius 3 is 2.88 bits per heavy atom. The van der Waals surface area contributed by atoms with Crippen LogP contribution < -0.4 is 21.3 Å². The number of nitrogen functional groups attached to an aromatic ring is 1. The van der Waals surface area contributed by atoms with E-state index in [1.807, 2.05) is 12.1 Å². The number of nitrogens with one attached hydrogen (secondary N) is 3. The summed E-state index contributed by atoms with van der Waals surface area (Å²) in [5.74, 6) is 1.46. The van der Waals surface area contributed by atoms with Gasteiger partial charge in [0, 0.05) is 53.6 Å². The minimum atomic E-state index is 0.0375. The Morgan fingerprint density at radius 1 is 1.30 bits per heavy atom. The second-order valence-corrected chi connectivity index (χ2v) is 9.43. The number of fused-ring (bicyclic) bond motifs is 1. The average molecular weight is 466 g/mol. The van der Waals surface area contributed by atoms with Crippen molar-refractivity contribution >= 4 is 45.2 Å². The Morgan fingerprint density at radius 2 is 2.12 bits per heavy atom. The second-order valence-electron chi connectivity index (χ2n) is 8.30. The minimum absolute atomic E-state index is 0.0375. The number of rotatable bonds is 8. The molecule has 1 aliphatic carbocycles. The number of anilines is 2. The molecule has 9 nitrogen and oxygen atoms in total. The molecule has 0 radical (unpaired) electrons. The number of nitrogens with zero attached hydrogens (tertiary/aromatic N) is 3. The van der Waals surface area contributed by atoms with E-state index < -0.39 is 0 Å². The Kier molecular flexibility index (Phi) is 6.21. The molecule has 3 aromatic rings. The summed E-state index contributed by atoms with van der Waals surface area (Å²) < 4.78 is 6.55. The van der Waals surface area contributed by atoms with Crippen LogP contribution in [-0.2, 0) is 16.1 Å². The van der Waals surface area contributed by atoms with E-state index in [1.165, 1.54) is 6.21 Å². The fraction of sp³-hybridized carbons (Fsp3) is 0.391. The Labute approximate surface area is 195 Å². The maximum absolute atomic E-state index is 12.0. The van der Waals surface area contributed by atoms with Crippen molar-refractivity contribution in [1.82, 2.24) is 20.6 Å². The van der Waals surface area contributed by atoms with Crippen molar-refractivity contribution in [2.45, 2.75) is 25.4 Å². The molecule has 0 atom stereocenters. The highest BCUT2D eigenvalue weighted by Gasteiger charge is 2.23. The number of amides is 1. The summed E-state index contributed by atoms with van der Waals surface area (Å²) in [5.41, 5.74) is 8.84. The number of morpholine rings is 1. The van der Waals surface area contributed by atoms with Crippen LogP contribution in [-0.4, -0.2) is 61.0 Å². The summed E-state index contributed by atoms with van der Waals surface area (Å²) in [7, 11) is 0. The number of hydrogen-bond donors (Lipinski definition) is 4. The van der Waals surface area contributed by atoms with Crippen molar-refractivity contribution in [3.63, 3.8) is 0 Å². The highest BCUT2D eigenvalue weighted by atomic mass is 32.1. The largest absolute Gasteiger partial charge is 0.398 e. The van der Waals surface area contributed by atoms with Gasteiger partial charge in [0.15, 0.2) is 11.6 Å². The molecule has 10 heteroatoms. The smallest absolute Gasteiger partial charge is 0.234 e. The van der Waals surface area contributed by atoms with E-state index in [0.717, 1.165) is 52.4 Å². The number of hydrogen-bond acceptors (Lipinski definition) is 9. The van der Waals surface area contributed by atoms with Crippen LogP contribution in [0.4, 0.5) is 11.5 Å². The van der Waals surface area contributed by atoms with Crippen molar-refractivity contribution in [2.75, 3.05) is 43.5 Å². The monoisotopic (exact) mass is 465 g/mol. The van der Waals surface area contributed by atoms with Crippen LogP contribution in [0.1, 0.15) is 23.3 Å². The topological polar surface area (TPSA) is 129 Å². The van der Waals surface area contributed by atoms with Crippen molar-refractivity contribution in [3.8, 4) is 11.4 Å². The molecule has 1 saturated carbocycles. The number of thiophene rings is 1. The zero-order chi connectivity index (χ0) is 22.8. The van der Waals surface area contributed by atoms with Crippen LogP contribution in [0.5, 0.6) is 0 Å². The first-order valence-electron chi connectivity index (χ1n) is 11.1. The van der Waals surface area contributed by atoms with Crippen molar-refractivity contribution in [1.29, 1.82) is 5.41 Å². The second kappa shape index (κ2) is 9.42. The predicted octanol–water partition coefficient (Wildman–Crippen LogP) is 2.14. The zero-order valence-corrected chi connectivity index (χ0v) is 19.1. The molecule has 33 heavy (non-hydrogen) atoms. The van der Waals surface area contributed by atoms with Crippen LogP contribution in [0.2, 0.25) is 0 Å². The van der Waals surface area contributed by atoms with Gasteiger partial charge in [0.2, 0.25) is 5.91 Å². The Balaban J connectivity index is 1.47. The molecule has 3 heterocycles. The van der Waals surface area contributed by atoms with Crippen molar-refractivity contribution in [2.24, 2.45) is 0 Å². The molecule has 5 rings (SSSR count). The van der Waals surface area contributed by atoms with E-state index >= 15 is 0 Å². The molecule has 1 aliphatic heterocycles. The summed E-state index contributed by atoms with van der Waals surface area (Å²) in [6.45, 7) is 3.70. The van der Waals surface area contributed by atoms with E-state index in [9.17, 15) is 4.79 Å². The number of carbonyl (C=O) groups excluding carboxylic acids is 1. The third-order valence-electron chi connectivity index (χ3n) is 5.77. The van der Waals surface area contributed by atoms with Crippen LogP contribution >= 0.6 is 11.3 Å². The van der Waals surface area contributed by atoms with Crippen molar-refractivity contribution in [3.05, 3.63) is 34.7 Å². The van der Waals surface area contributed by atoms with Crippen molar-refractivity contribution < 1.29 is 9.53 Å². The molecule has 2 aliphatic rings. The normalized spacial score (nSPS) is 16.2. The van der Waals surface area contributed by atoms with Gasteiger partial charge >= 0.3 is 0 Å². The molecule has 1 aromatic carbocycles. The van der Waals surface area contributed by atoms with Gasteiger partial charge in [0.1, 0.15) is 0 Å². The van der Waals surface area contributed by atoms with Gasteiger partial charge in [0.05, 0.1) is 30.0 Å².